The van der Waals surface area contributed by atoms with Crippen LogP contribution in [-0.4, -0.2) is 39.2 Å². The normalized spacial score (nSPS) is 15.9. The summed E-state index contributed by atoms with van der Waals surface area (Å²) < 4.78 is 13.0. The van der Waals surface area contributed by atoms with E-state index in [9.17, 15) is 4.79 Å². The van der Waals surface area contributed by atoms with Gasteiger partial charge in [-0.15, -0.1) is 5.10 Å². The van der Waals surface area contributed by atoms with Crippen molar-refractivity contribution >= 4 is 23.7 Å². The summed E-state index contributed by atoms with van der Waals surface area (Å²) in [5, 5.41) is 8.59. The van der Waals surface area contributed by atoms with Crippen LogP contribution in [0, 0.1) is 0 Å². The van der Waals surface area contributed by atoms with Crippen LogP contribution in [0.15, 0.2) is 40.7 Å². The van der Waals surface area contributed by atoms with Gasteiger partial charge in [-0.2, -0.15) is 4.98 Å². The molecular weight excluding hydrogens is 388 g/mol. The number of ether oxygens (including phenoxy) is 2. The Hall–Kier alpha value is -2.48. The van der Waals surface area contributed by atoms with Gasteiger partial charge >= 0.3 is 5.97 Å². The Morgan fingerprint density at radius 2 is 2.14 bits per heavy atom. The van der Waals surface area contributed by atoms with E-state index in [1.54, 1.807) is 23.4 Å². The Kier molecular flexibility index (Phi) is 6.84. The van der Waals surface area contributed by atoms with E-state index in [1.807, 2.05) is 45.0 Å². The van der Waals surface area contributed by atoms with Crippen LogP contribution in [0.25, 0.3) is 0 Å². The molecule has 0 spiro atoms. The monoisotopic (exact) mass is 416 g/mol. The standard InChI is InChI=1S/C21H28N4O3S/c1-6-11-29-21-23-20-22-14(5)17(19(26)27-7-2)18(25(20)24-21)15-9-8-10-16(12-15)28-13(3)4/h8-10,12-13,18H,6-7,11H2,1-5H3,(H,22,23,24). The fourth-order valence-electron chi connectivity index (χ4n) is 3.20. The topological polar surface area (TPSA) is 78.3 Å². The number of carbonyl (C=O) groups is 1. The van der Waals surface area contributed by atoms with E-state index < -0.39 is 6.04 Å². The molecule has 1 N–H and O–H groups in total. The van der Waals surface area contributed by atoms with E-state index in [0.29, 0.717) is 23.3 Å². The average molecular weight is 417 g/mol. The number of anilines is 1. The molecule has 1 aromatic carbocycles. The number of nitrogens with one attached hydrogen (secondary N) is 1. The van der Waals surface area contributed by atoms with E-state index in [4.69, 9.17) is 9.47 Å². The molecule has 0 amide bonds. The smallest absolute Gasteiger partial charge is 0.338 e. The number of hydrogen-bond donors (Lipinski definition) is 1. The van der Waals surface area contributed by atoms with Crippen LogP contribution in [0.3, 0.4) is 0 Å². The number of allylic oxidation sites excluding steroid dienone is 1. The fourth-order valence-corrected chi connectivity index (χ4v) is 3.88. The summed E-state index contributed by atoms with van der Waals surface area (Å²) in [6, 6.07) is 7.32. The Labute approximate surface area is 175 Å². The van der Waals surface area contributed by atoms with Crippen molar-refractivity contribution in [2.75, 3.05) is 17.7 Å². The lowest BCUT2D eigenvalue weighted by Gasteiger charge is -2.28. The molecule has 2 heterocycles. The van der Waals surface area contributed by atoms with Gasteiger partial charge < -0.3 is 14.8 Å². The van der Waals surface area contributed by atoms with E-state index >= 15 is 0 Å². The zero-order chi connectivity index (χ0) is 21.0. The highest BCUT2D eigenvalue weighted by Gasteiger charge is 2.35. The molecule has 3 rings (SSSR count). The zero-order valence-electron chi connectivity index (χ0n) is 17.6. The molecule has 1 unspecified atom stereocenters. The van der Waals surface area contributed by atoms with Crippen molar-refractivity contribution in [2.24, 2.45) is 0 Å². The second-order valence-corrected chi connectivity index (χ2v) is 8.10. The van der Waals surface area contributed by atoms with Gasteiger partial charge in [0.2, 0.25) is 11.1 Å². The lowest BCUT2D eigenvalue weighted by molar-refractivity contribution is -0.139. The molecule has 0 fully saturated rings. The van der Waals surface area contributed by atoms with Crippen LogP contribution in [0.1, 0.15) is 52.6 Å². The van der Waals surface area contributed by atoms with Crippen LogP contribution < -0.4 is 10.1 Å². The number of rotatable bonds is 8. The van der Waals surface area contributed by atoms with Gasteiger partial charge in [-0.3, -0.25) is 0 Å². The molecule has 1 aliphatic rings. The first kappa shape index (κ1) is 21.2. The van der Waals surface area contributed by atoms with Crippen molar-refractivity contribution in [3.8, 4) is 5.75 Å². The second-order valence-electron chi connectivity index (χ2n) is 7.04. The predicted molar refractivity (Wildman–Crippen MR) is 114 cm³/mol. The average Bonchev–Trinajstić information content (AvgIpc) is 3.07. The summed E-state index contributed by atoms with van der Waals surface area (Å²) in [5.41, 5.74) is 2.14. The summed E-state index contributed by atoms with van der Waals surface area (Å²) in [7, 11) is 0. The zero-order valence-corrected chi connectivity index (χ0v) is 18.4. The maximum absolute atomic E-state index is 12.8. The summed E-state index contributed by atoms with van der Waals surface area (Å²) >= 11 is 1.60. The van der Waals surface area contributed by atoms with Crippen LogP contribution in [0.2, 0.25) is 0 Å². The van der Waals surface area contributed by atoms with Gasteiger partial charge in [-0.1, -0.05) is 30.8 Å². The third-order valence-electron chi connectivity index (χ3n) is 4.31. The maximum atomic E-state index is 12.8. The summed E-state index contributed by atoms with van der Waals surface area (Å²) in [6.07, 6.45) is 1.09. The largest absolute Gasteiger partial charge is 0.491 e. The van der Waals surface area contributed by atoms with Gasteiger partial charge in [0.15, 0.2) is 0 Å². The lowest BCUT2D eigenvalue weighted by Crippen LogP contribution is -2.29. The molecule has 29 heavy (non-hydrogen) atoms. The van der Waals surface area contributed by atoms with Gasteiger partial charge in [-0.25, -0.2) is 9.48 Å². The highest BCUT2D eigenvalue weighted by Crippen LogP contribution is 2.37. The minimum Gasteiger partial charge on any atom is -0.491 e. The number of esters is 1. The minimum absolute atomic E-state index is 0.0547. The van der Waals surface area contributed by atoms with Crippen molar-refractivity contribution in [2.45, 2.75) is 58.3 Å². The van der Waals surface area contributed by atoms with Gasteiger partial charge in [0.1, 0.15) is 11.8 Å². The molecule has 156 valence electrons. The van der Waals surface area contributed by atoms with Gasteiger partial charge in [0.05, 0.1) is 18.3 Å². The van der Waals surface area contributed by atoms with Crippen molar-refractivity contribution in [1.82, 2.24) is 14.8 Å². The molecule has 8 heteroatoms. The SMILES string of the molecule is CCCSc1nc2n(n1)C(c1cccc(OC(C)C)c1)C(C(=O)OCC)=C(C)N2. The van der Waals surface area contributed by atoms with Gasteiger partial charge in [-0.05, 0) is 51.8 Å². The van der Waals surface area contributed by atoms with E-state index in [0.717, 1.165) is 29.2 Å². The molecule has 0 bridgehead atoms. The van der Waals surface area contributed by atoms with Crippen molar-refractivity contribution in [3.63, 3.8) is 0 Å². The highest BCUT2D eigenvalue weighted by atomic mass is 32.2. The van der Waals surface area contributed by atoms with Crippen LogP contribution in [0.5, 0.6) is 5.75 Å². The Morgan fingerprint density at radius 1 is 1.34 bits per heavy atom. The summed E-state index contributed by atoms with van der Waals surface area (Å²) in [6.45, 7) is 10.1. The quantitative estimate of drug-likeness (QED) is 0.504. The third kappa shape index (κ3) is 4.75. The number of thioether (sulfide) groups is 1. The first-order chi connectivity index (χ1) is 13.9. The summed E-state index contributed by atoms with van der Waals surface area (Å²) in [5.74, 6) is 1.94. The van der Waals surface area contributed by atoms with Crippen LogP contribution in [0.4, 0.5) is 5.95 Å². The predicted octanol–water partition coefficient (Wildman–Crippen LogP) is 4.42. The molecular formula is C21H28N4O3S. The Morgan fingerprint density at radius 3 is 2.83 bits per heavy atom. The lowest BCUT2D eigenvalue weighted by atomic mass is 9.95. The van der Waals surface area contributed by atoms with E-state index in [2.05, 4.69) is 22.3 Å². The van der Waals surface area contributed by atoms with Crippen molar-refractivity contribution in [1.29, 1.82) is 0 Å². The Balaban J connectivity index is 2.08. The number of nitrogens with zero attached hydrogens (tertiary/aromatic N) is 3. The number of benzene rings is 1. The molecule has 0 radical (unpaired) electrons. The first-order valence-electron chi connectivity index (χ1n) is 9.95. The van der Waals surface area contributed by atoms with Crippen molar-refractivity contribution < 1.29 is 14.3 Å². The number of fused-ring (bicyclic) bond motifs is 1. The molecule has 2 aromatic rings. The van der Waals surface area contributed by atoms with Crippen molar-refractivity contribution in [3.05, 3.63) is 41.1 Å². The molecule has 7 nitrogen and oxygen atoms in total. The summed E-state index contributed by atoms with van der Waals surface area (Å²) in [4.78, 5) is 17.4. The fraction of sp³-hybridized carbons (Fsp3) is 0.476. The molecule has 0 aliphatic carbocycles. The minimum atomic E-state index is -0.440. The van der Waals surface area contributed by atoms with Gasteiger partial charge in [0.25, 0.3) is 0 Å². The third-order valence-corrected chi connectivity index (χ3v) is 5.35. The van der Waals surface area contributed by atoms with Crippen LogP contribution >= 0.6 is 11.8 Å². The highest BCUT2D eigenvalue weighted by molar-refractivity contribution is 7.99. The molecule has 1 atom stereocenters. The first-order valence-corrected chi connectivity index (χ1v) is 10.9. The number of hydrogen-bond acceptors (Lipinski definition) is 7. The molecule has 0 saturated heterocycles. The van der Waals surface area contributed by atoms with Crippen LogP contribution in [-0.2, 0) is 9.53 Å². The van der Waals surface area contributed by atoms with Gasteiger partial charge in [0, 0.05) is 11.4 Å². The molecule has 0 saturated carbocycles. The van der Waals surface area contributed by atoms with E-state index in [-0.39, 0.29) is 12.1 Å². The Bertz CT molecular complexity index is 907. The number of carbonyl (C=O) groups excluding carboxylic acids is 1. The molecule has 1 aliphatic heterocycles. The van der Waals surface area contributed by atoms with E-state index in [1.165, 1.54) is 0 Å². The maximum Gasteiger partial charge on any atom is 0.338 e. The second kappa shape index (κ2) is 9.35. The number of aromatic nitrogens is 3. The molecule has 1 aromatic heterocycles.